The van der Waals surface area contributed by atoms with Crippen LogP contribution in [-0.2, 0) is 0 Å². The van der Waals surface area contributed by atoms with Gasteiger partial charge in [-0.15, -0.1) is 0 Å². The molecule has 2 nitrogen and oxygen atoms in total. The Labute approximate surface area is 86.8 Å². The summed E-state index contributed by atoms with van der Waals surface area (Å²) in [6, 6.07) is 0. The van der Waals surface area contributed by atoms with Crippen molar-refractivity contribution >= 4 is 0 Å². The molecule has 0 saturated heterocycles. The molecule has 0 aromatic rings. The average Bonchev–Trinajstić information content (AvgIpc) is 2.15. The lowest BCUT2D eigenvalue weighted by molar-refractivity contribution is 0.501. The minimum atomic E-state index is 0.778. The fourth-order valence-electron chi connectivity index (χ4n) is 1.53. The van der Waals surface area contributed by atoms with Gasteiger partial charge in [0.25, 0.3) is 0 Å². The van der Waals surface area contributed by atoms with Crippen LogP contribution in [0.5, 0.6) is 0 Å². The molecule has 0 saturated carbocycles. The fraction of sp³-hybridized carbons (Fsp3) is 0.500. The van der Waals surface area contributed by atoms with E-state index in [9.17, 15) is 0 Å². The predicted octanol–water partition coefficient (Wildman–Crippen LogP) is 2.06. The van der Waals surface area contributed by atoms with E-state index in [4.69, 9.17) is 5.73 Å². The molecule has 78 valence electrons. The molecule has 1 rings (SSSR count). The number of nitrogens with zero attached hydrogens (tertiary/aromatic N) is 1. The van der Waals surface area contributed by atoms with Gasteiger partial charge in [-0.3, -0.25) is 0 Å². The molecule has 0 atom stereocenters. The van der Waals surface area contributed by atoms with E-state index in [0.717, 1.165) is 25.9 Å². The van der Waals surface area contributed by atoms with Gasteiger partial charge in [-0.05, 0) is 31.9 Å². The molecule has 0 unspecified atom stereocenters. The molecule has 0 aromatic carbocycles. The Morgan fingerprint density at radius 3 is 3.07 bits per heavy atom. The maximum atomic E-state index is 5.47. The summed E-state index contributed by atoms with van der Waals surface area (Å²) >= 11 is 0. The fourth-order valence-corrected chi connectivity index (χ4v) is 1.53. The summed E-state index contributed by atoms with van der Waals surface area (Å²) in [5, 5.41) is 0. The molecule has 0 bridgehead atoms. The maximum absolute atomic E-state index is 5.47. The Balaban J connectivity index is 2.53. The summed E-state index contributed by atoms with van der Waals surface area (Å²) in [4.78, 5) is 2.18. The summed E-state index contributed by atoms with van der Waals surface area (Å²) < 4.78 is 0. The first kappa shape index (κ1) is 11.1. The van der Waals surface area contributed by atoms with E-state index < -0.39 is 0 Å². The molecule has 0 aliphatic carbocycles. The van der Waals surface area contributed by atoms with E-state index in [1.807, 2.05) is 0 Å². The van der Waals surface area contributed by atoms with Gasteiger partial charge in [0, 0.05) is 19.8 Å². The van der Waals surface area contributed by atoms with Gasteiger partial charge in [-0.2, -0.15) is 0 Å². The second-order valence-electron chi connectivity index (χ2n) is 3.85. The lowest BCUT2D eigenvalue weighted by Gasteiger charge is -2.16. The lowest BCUT2D eigenvalue weighted by Crippen LogP contribution is -2.13. The highest BCUT2D eigenvalue weighted by molar-refractivity contribution is 5.34. The first-order chi connectivity index (χ1) is 6.72. The number of hydrogen-bond acceptors (Lipinski definition) is 2. The standard InChI is InChI=1S/C12H20N2/c1-11(5-3-7-13)9-12-6-4-8-14(2)10-12/h4,6,9-10H,3,5,7-8,13H2,1-2H3/b11-9-. The average molecular weight is 192 g/mol. The highest BCUT2D eigenvalue weighted by atomic mass is 15.1. The second-order valence-corrected chi connectivity index (χ2v) is 3.85. The molecular weight excluding hydrogens is 172 g/mol. The van der Waals surface area contributed by atoms with Gasteiger partial charge in [0.1, 0.15) is 0 Å². The Morgan fingerprint density at radius 2 is 2.43 bits per heavy atom. The van der Waals surface area contributed by atoms with Crippen molar-refractivity contribution in [2.45, 2.75) is 19.8 Å². The first-order valence-corrected chi connectivity index (χ1v) is 5.18. The zero-order valence-electron chi connectivity index (χ0n) is 9.16. The van der Waals surface area contributed by atoms with Gasteiger partial charge in [0.05, 0.1) is 0 Å². The minimum Gasteiger partial charge on any atom is -0.376 e. The molecular formula is C12H20N2. The number of nitrogens with two attached hydrogens (primary N) is 1. The SMILES string of the molecule is C/C(=C/C1=CN(C)CC=C1)CCCN. The Morgan fingerprint density at radius 1 is 1.64 bits per heavy atom. The van der Waals surface area contributed by atoms with E-state index in [1.165, 1.54) is 11.1 Å². The molecule has 2 N–H and O–H groups in total. The first-order valence-electron chi connectivity index (χ1n) is 5.18. The van der Waals surface area contributed by atoms with Crippen molar-refractivity contribution in [2.24, 2.45) is 5.73 Å². The molecule has 1 heterocycles. The zero-order valence-corrected chi connectivity index (χ0v) is 9.16. The van der Waals surface area contributed by atoms with Gasteiger partial charge in [-0.1, -0.05) is 23.8 Å². The van der Waals surface area contributed by atoms with Gasteiger partial charge in [0.15, 0.2) is 0 Å². The third kappa shape index (κ3) is 3.79. The van der Waals surface area contributed by atoms with Crippen molar-refractivity contribution in [1.82, 2.24) is 4.90 Å². The summed E-state index contributed by atoms with van der Waals surface area (Å²) in [6.45, 7) is 3.96. The van der Waals surface area contributed by atoms with E-state index in [0.29, 0.717) is 0 Å². The van der Waals surface area contributed by atoms with Crippen molar-refractivity contribution in [3.63, 3.8) is 0 Å². The van der Waals surface area contributed by atoms with Crippen LogP contribution in [0.3, 0.4) is 0 Å². The summed E-state index contributed by atoms with van der Waals surface area (Å²) in [7, 11) is 2.09. The smallest absolute Gasteiger partial charge is 0.0354 e. The van der Waals surface area contributed by atoms with Crippen molar-refractivity contribution in [2.75, 3.05) is 20.1 Å². The van der Waals surface area contributed by atoms with Crippen molar-refractivity contribution in [3.05, 3.63) is 35.6 Å². The number of hydrogen-bond donors (Lipinski definition) is 1. The van der Waals surface area contributed by atoms with E-state index >= 15 is 0 Å². The largest absolute Gasteiger partial charge is 0.376 e. The van der Waals surface area contributed by atoms with Crippen LogP contribution in [0.15, 0.2) is 35.6 Å². The van der Waals surface area contributed by atoms with Crippen LogP contribution in [0.4, 0.5) is 0 Å². The molecule has 1 aliphatic heterocycles. The molecule has 0 aromatic heterocycles. The molecule has 0 radical (unpaired) electrons. The monoisotopic (exact) mass is 192 g/mol. The third-order valence-corrected chi connectivity index (χ3v) is 2.26. The Hall–Kier alpha value is -1.02. The van der Waals surface area contributed by atoms with Crippen molar-refractivity contribution < 1.29 is 0 Å². The maximum Gasteiger partial charge on any atom is 0.0354 e. The molecule has 2 heteroatoms. The quantitative estimate of drug-likeness (QED) is 0.738. The Kier molecular flexibility index (Phi) is 4.47. The van der Waals surface area contributed by atoms with Gasteiger partial charge < -0.3 is 10.6 Å². The van der Waals surface area contributed by atoms with E-state index in [2.05, 4.69) is 43.3 Å². The predicted molar refractivity (Wildman–Crippen MR) is 61.9 cm³/mol. The third-order valence-electron chi connectivity index (χ3n) is 2.26. The van der Waals surface area contributed by atoms with Gasteiger partial charge in [-0.25, -0.2) is 0 Å². The Bertz CT molecular complexity index is 261. The summed E-state index contributed by atoms with van der Waals surface area (Å²) in [5.74, 6) is 0. The topological polar surface area (TPSA) is 29.3 Å². The zero-order chi connectivity index (χ0) is 10.4. The van der Waals surface area contributed by atoms with Crippen LogP contribution < -0.4 is 5.73 Å². The van der Waals surface area contributed by atoms with Crippen LogP contribution in [-0.4, -0.2) is 25.0 Å². The second kappa shape index (κ2) is 5.66. The molecule has 0 fully saturated rings. The molecule has 0 spiro atoms. The number of allylic oxidation sites excluding steroid dienone is 4. The normalized spacial score (nSPS) is 17.2. The van der Waals surface area contributed by atoms with E-state index in [1.54, 1.807) is 0 Å². The number of rotatable bonds is 4. The highest BCUT2D eigenvalue weighted by Gasteiger charge is 1.98. The van der Waals surface area contributed by atoms with Crippen LogP contribution >= 0.6 is 0 Å². The summed E-state index contributed by atoms with van der Waals surface area (Å²) in [5.41, 5.74) is 8.16. The lowest BCUT2D eigenvalue weighted by atomic mass is 10.1. The number of likely N-dealkylation sites (N-methyl/N-ethyl adjacent to an activating group) is 1. The van der Waals surface area contributed by atoms with Gasteiger partial charge in [0.2, 0.25) is 0 Å². The van der Waals surface area contributed by atoms with Crippen molar-refractivity contribution in [3.8, 4) is 0 Å². The summed E-state index contributed by atoms with van der Waals surface area (Å²) in [6.07, 6.45) is 10.9. The minimum absolute atomic E-state index is 0.778. The molecule has 0 amide bonds. The molecule has 14 heavy (non-hydrogen) atoms. The van der Waals surface area contributed by atoms with Crippen LogP contribution in [0.2, 0.25) is 0 Å². The van der Waals surface area contributed by atoms with Crippen molar-refractivity contribution in [1.29, 1.82) is 0 Å². The highest BCUT2D eigenvalue weighted by Crippen LogP contribution is 2.12. The molecule has 1 aliphatic rings. The van der Waals surface area contributed by atoms with Crippen LogP contribution in [0, 0.1) is 0 Å². The van der Waals surface area contributed by atoms with Gasteiger partial charge >= 0.3 is 0 Å². The van der Waals surface area contributed by atoms with Crippen LogP contribution in [0.25, 0.3) is 0 Å². The van der Waals surface area contributed by atoms with E-state index in [-0.39, 0.29) is 0 Å². The van der Waals surface area contributed by atoms with Crippen LogP contribution in [0.1, 0.15) is 19.8 Å².